The zero-order chi connectivity index (χ0) is 22.1. The van der Waals surface area contributed by atoms with Crippen LogP contribution >= 0.6 is 23.4 Å². The van der Waals surface area contributed by atoms with E-state index in [4.69, 9.17) is 16.3 Å². The van der Waals surface area contributed by atoms with Gasteiger partial charge in [0.25, 0.3) is 0 Å². The first kappa shape index (κ1) is 21.2. The Morgan fingerprint density at radius 2 is 2.03 bits per heavy atom. The van der Waals surface area contributed by atoms with Crippen LogP contribution in [0.1, 0.15) is 11.6 Å². The fourth-order valence-electron chi connectivity index (χ4n) is 3.45. The highest BCUT2D eigenvalue weighted by molar-refractivity contribution is 7.98. The standard InChI is InChI=1S/C21H17ClFN3O4S/c1-31-13-5-2-11(3-6-13)19-18-16(10-30-20(18)28)26(21(29)25-19)9-17(27)24-15-8-12(23)4-7-14(15)22/h2-8,19H,9-10H2,1H3,(H,24,27)(H,25,29)/t19-/m1/s1. The van der Waals surface area contributed by atoms with E-state index in [1.54, 1.807) is 11.8 Å². The number of carbonyl (C=O) groups is 3. The second-order valence-electron chi connectivity index (χ2n) is 6.85. The summed E-state index contributed by atoms with van der Waals surface area (Å²) in [5.74, 6) is -1.71. The number of anilines is 1. The highest BCUT2D eigenvalue weighted by Crippen LogP contribution is 2.35. The normalized spacial score (nSPS) is 17.9. The number of hydrogen-bond donors (Lipinski definition) is 2. The van der Waals surface area contributed by atoms with Crippen molar-refractivity contribution >= 4 is 47.0 Å². The Bertz CT molecular complexity index is 1110. The maximum absolute atomic E-state index is 13.4. The quantitative estimate of drug-likeness (QED) is 0.523. The minimum atomic E-state index is -0.676. The number of carbonyl (C=O) groups excluding carboxylic acids is 3. The first-order chi connectivity index (χ1) is 14.9. The summed E-state index contributed by atoms with van der Waals surface area (Å²) in [7, 11) is 0. The molecule has 2 aliphatic rings. The third-order valence-corrected chi connectivity index (χ3v) is 6.02. The summed E-state index contributed by atoms with van der Waals surface area (Å²) in [4.78, 5) is 39.9. The molecule has 3 amide bonds. The highest BCUT2D eigenvalue weighted by atomic mass is 35.5. The van der Waals surface area contributed by atoms with Gasteiger partial charge in [0.2, 0.25) is 5.91 Å². The van der Waals surface area contributed by atoms with Crippen LogP contribution in [0.15, 0.2) is 58.6 Å². The molecule has 0 radical (unpaired) electrons. The summed E-state index contributed by atoms with van der Waals surface area (Å²) in [6.45, 7) is -0.513. The molecule has 2 N–H and O–H groups in total. The van der Waals surface area contributed by atoms with Gasteiger partial charge < -0.3 is 15.4 Å². The predicted octanol–water partition coefficient (Wildman–Crippen LogP) is 3.72. The molecule has 2 aliphatic heterocycles. The zero-order valence-electron chi connectivity index (χ0n) is 16.3. The lowest BCUT2D eigenvalue weighted by Gasteiger charge is -2.32. The summed E-state index contributed by atoms with van der Waals surface area (Å²) in [6.07, 6.45) is 1.95. The molecule has 0 saturated heterocycles. The molecule has 2 aromatic carbocycles. The van der Waals surface area contributed by atoms with E-state index in [1.165, 1.54) is 12.1 Å². The van der Waals surface area contributed by atoms with E-state index in [0.717, 1.165) is 21.4 Å². The molecular weight excluding hydrogens is 445 g/mol. The Labute approximate surface area is 186 Å². The van der Waals surface area contributed by atoms with Crippen LogP contribution in [0.4, 0.5) is 14.9 Å². The van der Waals surface area contributed by atoms with Gasteiger partial charge >= 0.3 is 12.0 Å². The largest absolute Gasteiger partial charge is 0.456 e. The Balaban J connectivity index is 1.59. The Kier molecular flexibility index (Phi) is 5.88. The molecular formula is C21H17ClFN3O4S. The highest BCUT2D eigenvalue weighted by Gasteiger charge is 2.42. The first-order valence-corrected chi connectivity index (χ1v) is 10.8. The average molecular weight is 462 g/mol. The van der Waals surface area contributed by atoms with Gasteiger partial charge in [0.15, 0.2) is 0 Å². The fourth-order valence-corrected chi connectivity index (χ4v) is 4.02. The maximum atomic E-state index is 13.4. The van der Waals surface area contributed by atoms with Crippen LogP contribution in [0.3, 0.4) is 0 Å². The van der Waals surface area contributed by atoms with E-state index < -0.39 is 36.3 Å². The van der Waals surface area contributed by atoms with Gasteiger partial charge in [-0.15, -0.1) is 11.8 Å². The number of amides is 3. The second-order valence-corrected chi connectivity index (χ2v) is 8.14. The second kappa shape index (κ2) is 8.60. The topological polar surface area (TPSA) is 87.7 Å². The molecule has 1 atom stereocenters. The number of nitrogens with one attached hydrogen (secondary N) is 2. The number of hydrogen-bond acceptors (Lipinski definition) is 5. The molecule has 2 heterocycles. The molecule has 10 heteroatoms. The minimum Gasteiger partial charge on any atom is -0.456 e. The average Bonchev–Trinajstić information content (AvgIpc) is 3.14. The number of cyclic esters (lactones) is 1. The van der Waals surface area contributed by atoms with E-state index in [2.05, 4.69) is 10.6 Å². The van der Waals surface area contributed by atoms with Crippen LogP contribution in [0.25, 0.3) is 0 Å². The van der Waals surface area contributed by atoms with Crippen LogP contribution in [0, 0.1) is 5.82 Å². The van der Waals surface area contributed by atoms with Crippen molar-refractivity contribution in [2.24, 2.45) is 0 Å². The van der Waals surface area contributed by atoms with E-state index in [1.807, 2.05) is 30.5 Å². The third kappa shape index (κ3) is 4.24. The van der Waals surface area contributed by atoms with Crippen molar-refractivity contribution < 1.29 is 23.5 Å². The third-order valence-electron chi connectivity index (χ3n) is 4.95. The van der Waals surface area contributed by atoms with Crippen LogP contribution in [-0.4, -0.2) is 42.2 Å². The van der Waals surface area contributed by atoms with Gasteiger partial charge in [-0.25, -0.2) is 14.0 Å². The molecule has 7 nitrogen and oxygen atoms in total. The number of ether oxygens (including phenoxy) is 1. The van der Waals surface area contributed by atoms with Crippen LogP contribution in [-0.2, 0) is 14.3 Å². The van der Waals surface area contributed by atoms with Gasteiger partial charge in [-0.05, 0) is 42.2 Å². The molecule has 0 unspecified atom stereocenters. The van der Waals surface area contributed by atoms with Gasteiger partial charge in [-0.3, -0.25) is 9.69 Å². The lowest BCUT2D eigenvalue weighted by molar-refractivity contribution is -0.136. The summed E-state index contributed by atoms with van der Waals surface area (Å²) in [5, 5.41) is 5.41. The molecule has 31 heavy (non-hydrogen) atoms. The van der Waals surface area contributed by atoms with Gasteiger partial charge in [0, 0.05) is 4.90 Å². The number of halogens is 2. The van der Waals surface area contributed by atoms with Crippen molar-refractivity contribution in [3.8, 4) is 0 Å². The molecule has 0 fully saturated rings. The summed E-state index contributed by atoms with van der Waals surface area (Å²) >= 11 is 7.56. The SMILES string of the molecule is CSc1ccc([C@H]2NC(=O)N(CC(=O)Nc3cc(F)ccc3Cl)C3=C2C(=O)OC3)cc1. The zero-order valence-corrected chi connectivity index (χ0v) is 17.8. The number of thioether (sulfide) groups is 1. The summed E-state index contributed by atoms with van der Waals surface area (Å²) < 4.78 is 18.6. The van der Waals surface area contributed by atoms with Crippen molar-refractivity contribution in [2.45, 2.75) is 10.9 Å². The van der Waals surface area contributed by atoms with E-state index >= 15 is 0 Å². The van der Waals surface area contributed by atoms with Crippen LogP contribution in [0.2, 0.25) is 5.02 Å². The number of esters is 1. The number of rotatable bonds is 5. The first-order valence-electron chi connectivity index (χ1n) is 9.24. The molecule has 4 rings (SSSR count). The van der Waals surface area contributed by atoms with Gasteiger partial charge in [-0.2, -0.15) is 0 Å². The van der Waals surface area contributed by atoms with Crippen molar-refractivity contribution in [3.63, 3.8) is 0 Å². The van der Waals surface area contributed by atoms with Crippen molar-refractivity contribution in [3.05, 3.63) is 70.1 Å². The van der Waals surface area contributed by atoms with Crippen LogP contribution in [0.5, 0.6) is 0 Å². The Hall–Kier alpha value is -3.04. The lowest BCUT2D eigenvalue weighted by Crippen LogP contribution is -2.49. The van der Waals surface area contributed by atoms with Gasteiger partial charge in [-0.1, -0.05) is 23.7 Å². The lowest BCUT2D eigenvalue weighted by atomic mass is 9.96. The molecule has 0 bridgehead atoms. The Morgan fingerprint density at radius 1 is 1.29 bits per heavy atom. The Morgan fingerprint density at radius 3 is 2.74 bits per heavy atom. The van der Waals surface area contributed by atoms with Gasteiger partial charge in [0.05, 0.1) is 28.0 Å². The predicted molar refractivity (Wildman–Crippen MR) is 114 cm³/mol. The molecule has 0 spiro atoms. The fraction of sp³-hybridized carbons (Fsp3) is 0.190. The monoisotopic (exact) mass is 461 g/mol. The number of nitrogens with zero attached hydrogens (tertiary/aromatic N) is 1. The molecule has 160 valence electrons. The van der Waals surface area contributed by atoms with E-state index in [9.17, 15) is 18.8 Å². The van der Waals surface area contributed by atoms with E-state index in [-0.39, 0.29) is 22.9 Å². The maximum Gasteiger partial charge on any atom is 0.338 e. The number of urea groups is 1. The summed E-state index contributed by atoms with van der Waals surface area (Å²) in [6, 6.07) is 9.81. The van der Waals surface area contributed by atoms with Crippen molar-refractivity contribution in [1.82, 2.24) is 10.2 Å². The van der Waals surface area contributed by atoms with Crippen molar-refractivity contribution in [2.75, 3.05) is 24.7 Å². The van der Waals surface area contributed by atoms with E-state index in [0.29, 0.717) is 5.70 Å². The summed E-state index contributed by atoms with van der Waals surface area (Å²) in [5.41, 5.74) is 1.43. The smallest absolute Gasteiger partial charge is 0.338 e. The molecule has 0 aromatic heterocycles. The molecule has 0 saturated carbocycles. The molecule has 2 aromatic rings. The van der Waals surface area contributed by atoms with Gasteiger partial charge in [0.1, 0.15) is 19.0 Å². The van der Waals surface area contributed by atoms with Crippen molar-refractivity contribution in [1.29, 1.82) is 0 Å². The van der Waals surface area contributed by atoms with Crippen LogP contribution < -0.4 is 10.6 Å². The number of benzene rings is 2. The molecule has 0 aliphatic carbocycles. The minimum absolute atomic E-state index is 0.0868.